The summed E-state index contributed by atoms with van der Waals surface area (Å²) in [6.07, 6.45) is 2.86. The number of fused-ring (bicyclic) bond motifs is 1. The molecule has 0 unspecified atom stereocenters. The molecule has 0 amide bonds. The molecule has 0 fully saturated rings. The molecule has 0 aliphatic carbocycles. The summed E-state index contributed by atoms with van der Waals surface area (Å²) in [7, 11) is -3.95. The van der Waals surface area contributed by atoms with Gasteiger partial charge in [0.25, 0.3) is 0 Å². The Morgan fingerprint density at radius 3 is 2.86 bits per heavy atom. The van der Waals surface area contributed by atoms with Crippen LogP contribution in [-0.2, 0) is 23.1 Å². The van der Waals surface area contributed by atoms with Crippen molar-refractivity contribution >= 4 is 31.9 Å². The summed E-state index contributed by atoms with van der Waals surface area (Å²) >= 11 is 3.33. The topological polar surface area (TPSA) is 105 Å². The zero-order valence-electron chi connectivity index (χ0n) is 11.2. The van der Waals surface area contributed by atoms with Gasteiger partial charge in [-0.15, -0.1) is 0 Å². The van der Waals surface area contributed by atoms with E-state index in [2.05, 4.69) is 26.0 Å². The third-order valence-electron chi connectivity index (χ3n) is 3.38. The lowest BCUT2D eigenvalue weighted by Gasteiger charge is -2.27. The maximum atomic E-state index is 12.7. The highest BCUT2D eigenvalue weighted by Gasteiger charge is 2.33. The molecule has 0 bridgehead atoms. The van der Waals surface area contributed by atoms with Gasteiger partial charge in [0.05, 0.1) is 29.5 Å². The second kappa shape index (κ2) is 5.45. The molecule has 0 saturated heterocycles. The van der Waals surface area contributed by atoms with Crippen LogP contribution in [0.4, 0.5) is 0 Å². The minimum Gasteiger partial charge on any atom is -0.476 e. The summed E-state index contributed by atoms with van der Waals surface area (Å²) in [4.78, 5) is 14.6. The summed E-state index contributed by atoms with van der Waals surface area (Å²) in [5, 5.41) is 13.3. The SMILES string of the molecule is O=C(O)c1ncccc1S(=O)(=O)N1CCn2ncc(Br)c2C1. The number of nitrogens with zero attached hydrogens (tertiary/aromatic N) is 4. The normalized spacial score (nSPS) is 15.5. The minimum absolute atomic E-state index is 0.122. The van der Waals surface area contributed by atoms with Crippen molar-refractivity contribution < 1.29 is 18.3 Å². The van der Waals surface area contributed by atoms with Gasteiger partial charge in [-0.3, -0.25) is 4.68 Å². The third-order valence-corrected chi connectivity index (χ3v) is 5.92. The van der Waals surface area contributed by atoms with Crippen LogP contribution >= 0.6 is 15.9 Å². The number of carbonyl (C=O) groups is 1. The van der Waals surface area contributed by atoms with E-state index in [9.17, 15) is 13.2 Å². The lowest BCUT2D eigenvalue weighted by molar-refractivity contribution is 0.0685. The Morgan fingerprint density at radius 2 is 2.14 bits per heavy atom. The molecule has 0 atom stereocenters. The predicted molar refractivity (Wildman–Crippen MR) is 78.7 cm³/mol. The molecule has 116 valence electrons. The van der Waals surface area contributed by atoms with Crippen LogP contribution in [0.1, 0.15) is 16.2 Å². The summed E-state index contributed by atoms with van der Waals surface area (Å²) in [6, 6.07) is 2.66. The van der Waals surface area contributed by atoms with Gasteiger partial charge in [0.2, 0.25) is 10.0 Å². The minimum atomic E-state index is -3.95. The number of carboxylic acid groups (broad SMARTS) is 1. The number of rotatable bonds is 3. The molecule has 0 aromatic carbocycles. The molecule has 0 radical (unpaired) electrons. The number of carboxylic acids is 1. The van der Waals surface area contributed by atoms with Crippen LogP contribution in [0.25, 0.3) is 0 Å². The average Bonchev–Trinajstić information content (AvgIpc) is 2.88. The largest absolute Gasteiger partial charge is 0.476 e. The Hall–Kier alpha value is -1.78. The summed E-state index contributed by atoms with van der Waals surface area (Å²) in [5.74, 6) is -1.37. The standard InChI is InChI=1S/C12H11BrN4O4S/c13-8-6-15-17-5-4-16(7-9(8)17)22(20,21)10-2-1-3-14-11(10)12(18)19/h1-3,6H,4-5,7H2,(H,18,19). The van der Waals surface area contributed by atoms with Gasteiger partial charge in [0.1, 0.15) is 4.90 Å². The van der Waals surface area contributed by atoms with Crippen molar-refractivity contribution in [2.75, 3.05) is 6.54 Å². The van der Waals surface area contributed by atoms with E-state index in [1.165, 1.54) is 22.6 Å². The van der Waals surface area contributed by atoms with E-state index in [-0.39, 0.29) is 18.0 Å². The number of halogens is 1. The zero-order valence-corrected chi connectivity index (χ0v) is 13.6. The summed E-state index contributed by atoms with van der Waals surface area (Å²) in [6.45, 7) is 0.747. The highest BCUT2D eigenvalue weighted by Crippen LogP contribution is 2.26. The van der Waals surface area contributed by atoms with Crippen LogP contribution < -0.4 is 0 Å². The summed E-state index contributed by atoms with van der Waals surface area (Å²) in [5.41, 5.74) is 0.260. The molecule has 1 aliphatic rings. The van der Waals surface area contributed by atoms with Gasteiger partial charge in [-0.2, -0.15) is 9.40 Å². The predicted octanol–water partition coefficient (Wildman–Crippen LogP) is 0.943. The van der Waals surface area contributed by atoms with E-state index in [1.54, 1.807) is 10.9 Å². The quantitative estimate of drug-likeness (QED) is 0.841. The molecule has 0 spiro atoms. The average molecular weight is 387 g/mol. The first kappa shape index (κ1) is 15.1. The maximum Gasteiger partial charge on any atom is 0.355 e. The molecular formula is C12H11BrN4O4S. The zero-order chi connectivity index (χ0) is 15.9. The number of hydrogen-bond acceptors (Lipinski definition) is 5. The van der Waals surface area contributed by atoms with Crippen molar-refractivity contribution in [3.8, 4) is 0 Å². The van der Waals surface area contributed by atoms with Crippen LogP contribution in [0.5, 0.6) is 0 Å². The highest BCUT2D eigenvalue weighted by atomic mass is 79.9. The lowest BCUT2D eigenvalue weighted by atomic mass is 10.3. The fourth-order valence-corrected chi connectivity index (χ4v) is 4.24. The molecule has 2 aromatic heterocycles. The Morgan fingerprint density at radius 1 is 1.36 bits per heavy atom. The van der Waals surface area contributed by atoms with Crippen molar-refractivity contribution in [3.05, 3.63) is 40.4 Å². The fraction of sp³-hybridized carbons (Fsp3) is 0.250. The highest BCUT2D eigenvalue weighted by molar-refractivity contribution is 9.10. The molecule has 1 N–H and O–H groups in total. The van der Waals surface area contributed by atoms with Gasteiger partial charge in [-0.25, -0.2) is 18.2 Å². The Balaban J connectivity index is 2.02. The number of pyridine rings is 1. The van der Waals surface area contributed by atoms with Gasteiger partial charge in [-0.05, 0) is 28.1 Å². The van der Waals surface area contributed by atoms with Crippen LogP contribution in [-0.4, -0.2) is 45.1 Å². The first-order valence-corrected chi connectivity index (χ1v) is 8.53. The second-order valence-corrected chi connectivity index (χ2v) is 7.42. The smallest absolute Gasteiger partial charge is 0.355 e. The molecule has 3 heterocycles. The first-order chi connectivity index (χ1) is 10.4. The van der Waals surface area contributed by atoms with Gasteiger partial charge in [0.15, 0.2) is 5.69 Å². The van der Waals surface area contributed by atoms with Gasteiger partial charge in [0, 0.05) is 12.7 Å². The molecule has 2 aromatic rings. The van der Waals surface area contributed by atoms with Crippen molar-refractivity contribution in [1.29, 1.82) is 0 Å². The molecule has 8 nitrogen and oxygen atoms in total. The van der Waals surface area contributed by atoms with E-state index < -0.39 is 21.7 Å². The van der Waals surface area contributed by atoms with Gasteiger partial charge in [-0.1, -0.05) is 0 Å². The van der Waals surface area contributed by atoms with E-state index in [0.29, 0.717) is 6.54 Å². The molecular weight excluding hydrogens is 376 g/mol. The Labute approximate surface area is 134 Å². The molecule has 1 aliphatic heterocycles. The van der Waals surface area contributed by atoms with Crippen LogP contribution in [0, 0.1) is 0 Å². The van der Waals surface area contributed by atoms with Crippen molar-refractivity contribution in [2.45, 2.75) is 18.0 Å². The Kier molecular flexibility index (Phi) is 3.75. The molecule has 22 heavy (non-hydrogen) atoms. The molecule has 3 rings (SSSR count). The van der Waals surface area contributed by atoms with E-state index >= 15 is 0 Å². The second-order valence-electron chi connectivity index (χ2n) is 4.66. The van der Waals surface area contributed by atoms with Crippen molar-refractivity contribution in [1.82, 2.24) is 19.1 Å². The van der Waals surface area contributed by atoms with Gasteiger partial charge < -0.3 is 5.11 Å². The third kappa shape index (κ3) is 2.42. The van der Waals surface area contributed by atoms with Crippen LogP contribution in [0.2, 0.25) is 0 Å². The lowest BCUT2D eigenvalue weighted by Crippen LogP contribution is -2.39. The van der Waals surface area contributed by atoms with Gasteiger partial charge >= 0.3 is 5.97 Å². The van der Waals surface area contributed by atoms with E-state index in [4.69, 9.17) is 5.11 Å². The number of sulfonamides is 1. The maximum absolute atomic E-state index is 12.7. The van der Waals surface area contributed by atoms with Crippen molar-refractivity contribution in [2.24, 2.45) is 0 Å². The Bertz CT molecular complexity index is 849. The van der Waals surface area contributed by atoms with E-state index in [0.717, 1.165) is 10.2 Å². The van der Waals surface area contributed by atoms with Crippen LogP contribution in [0.3, 0.4) is 0 Å². The number of aromatic carboxylic acids is 1. The van der Waals surface area contributed by atoms with E-state index in [1.807, 2.05) is 0 Å². The first-order valence-electron chi connectivity index (χ1n) is 6.30. The fourth-order valence-electron chi connectivity index (χ4n) is 2.29. The van der Waals surface area contributed by atoms with Crippen LogP contribution in [0.15, 0.2) is 33.9 Å². The van der Waals surface area contributed by atoms with Crippen molar-refractivity contribution in [3.63, 3.8) is 0 Å². The molecule has 10 heteroatoms. The monoisotopic (exact) mass is 386 g/mol. The summed E-state index contributed by atoms with van der Waals surface area (Å²) < 4.78 is 29.1. The number of hydrogen-bond donors (Lipinski definition) is 1. The number of aromatic nitrogens is 3. The molecule has 0 saturated carbocycles.